The van der Waals surface area contributed by atoms with E-state index in [2.05, 4.69) is 56.5 Å². The summed E-state index contributed by atoms with van der Waals surface area (Å²) in [6.07, 6.45) is 4.35. The van der Waals surface area contributed by atoms with Gasteiger partial charge in [-0.2, -0.15) is 0 Å². The van der Waals surface area contributed by atoms with Crippen LogP contribution in [0.15, 0.2) is 42.5 Å². The molecule has 0 unspecified atom stereocenters. The summed E-state index contributed by atoms with van der Waals surface area (Å²) in [4.78, 5) is 17.1. The van der Waals surface area contributed by atoms with Crippen molar-refractivity contribution < 1.29 is 9.53 Å². The van der Waals surface area contributed by atoms with Crippen LogP contribution in [0.5, 0.6) is 0 Å². The number of aryl methyl sites for hydroxylation is 1. The molecule has 0 bridgehead atoms. The molecule has 1 saturated carbocycles. The number of nitrogens with zero attached hydrogens (tertiary/aromatic N) is 2. The summed E-state index contributed by atoms with van der Waals surface area (Å²) in [7, 11) is 1.42. The highest BCUT2D eigenvalue weighted by Crippen LogP contribution is 2.45. The number of ether oxygens (including phenoxy) is 1. The maximum Gasteiger partial charge on any atom is 0.337 e. The summed E-state index contributed by atoms with van der Waals surface area (Å²) < 4.78 is 7.37. The molecule has 1 aliphatic carbocycles. The number of rotatable bonds is 4. The van der Waals surface area contributed by atoms with Crippen LogP contribution in [0.3, 0.4) is 0 Å². The summed E-state index contributed by atoms with van der Waals surface area (Å²) in [5.74, 6) is 1.43. The second kappa shape index (κ2) is 7.90. The quantitative estimate of drug-likeness (QED) is 0.493. The van der Waals surface area contributed by atoms with Crippen molar-refractivity contribution in [2.45, 2.75) is 59.4 Å². The number of esters is 1. The van der Waals surface area contributed by atoms with E-state index in [1.165, 1.54) is 24.7 Å². The van der Waals surface area contributed by atoms with Crippen molar-refractivity contribution in [3.8, 4) is 0 Å². The zero-order valence-corrected chi connectivity index (χ0v) is 18.7. The number of methoxy groups -OCH3 is 1. The van der Waals surface area contributed by atoms with Gasteiger partial charge in [0.1, 0.15) is 5.82 Å². The fraction of sp³-hybridized carbons (Fsp3) is 0.462. The third-order valence-electron chi connectivity index (χ3n) is 6.40. The standard InChI is InChI=1S/C26H32N2O2/c1-17-6-8-19(9-7-17)13-24-27-22-14-20(25(29)30-5)10-11-23(22)28(24)21-12-18(2)15-26(3,4)16-21/h6-11,14,18,21H,12-13,15-16H2,1-5H3/t18-,21+/m1/s1. The topological polar surface area (TPSA) is 44.1 Å². The van der Waals surface area contributed by atoms with Gasteiger partial charge in [-0.15, -0.1) is 0 Å². The highest BCUT2D eigenvalue weighted by molar-refractivity contribution is 5.93. The van der Waals surface area contributed by atoms with Crippen LogP contribution in [0, 0.1) is 18.3 Å². The number of hydrogen-bond donors (Lipinski definition) is 0. The molecule has 0 amide bonds. The minimum atomic E-state index is -0.320. The Morgan fingerprint density at radius 2 is 1.90 bits per heavy atom. The number of fused-ring (bicyclic) bond motifs is 1. The average molecular weight is 405 g/mol. The number of imidazole rings is 1. The molecule has 4 heteroatoms. The van der Waals surface area contributed by atoms with Crippen molar-refractivity contribution in [3.63, 3.8) is 0 Å². The molecule has 1 aromatic heterocycles. The Morgan fingerprint density at radius 1 is 1.17 bits per heavy atom. The highest BCUT2D eigenvalue weighted by Gasteiger charge is 2.34. The van der Waals surface area contributed by atoms with Gasteiger partial charge in [0.05, 0.1) is 23.7 Å². The van der Waals surface area contributed by atoms with Crippen LogP contribution in [0.2, 0.25) is 0 Å². The van der Waals surface area contributed by atoms with Crippen LogP contribution >= 0.6 is 0 Å². The molecule has 4 rings (SSSR count). The first kappa shape index (κ1) is 20.6. The molecule has 0 saturated heterocycles. The van der Waals surface area contributed by atoms with Gasteiger partial charge in [0.2, 0.25) is 0 Å². The van der Waals surface area contributed by atoms with Crippen LogP contribution in [-0.2, 0) is 11.2 Å². The molecule has 1 heterocycles. The second-order valence-electron chi connectivity index (χ2n) is 9.82. The molecule has 0 spiro atoms. The average Bonchev–Trinajstić information content (AvgIpc) is 3.04. The van der Waals surface area contributed by atoms with E-state index in [0.29, 0.717) is 22.9 Å². The van der Waals surface area contributed by atoms with E-state index < -0.39 is 0 Å². The Morgan fingerprint density at radius 3 is 2.57 bits per heavy atom. The Kier molecular flexibility index (Phi) is 5.44. The molecule has 1 fully saturated rings. The maximum absolute atomic E-state index is 12.0. The van der Waals surface area contributed by atoms with Gasteiger partial charge in [-0.1, -0.05) is 50.6 Å². The number of carbonyl (C=O) groups excluding carboxylic acids is 1. The van der Waals surface area contributed by atoms with Gasteiger partial charge in [-0.25, -0.2) is 9.78 Å². The van der Waals surface area contributed by atoms with Crippen molar-refractivity contribution in [2.75, 3.05) is 7.11 Å². The molecule has 30 heavy (non-hydrogen) atoms. The first-order chi connectivity index (χ1) is 14.3. The van der Waals surface area contributed by atoms with Gasteiger partial charge < -0.3 is 9.30 Å². The maximum atomic E-state index is 12.0. The van der Waals surface area contributed by atoms with Gasteiger partial charge in [0.15, 0.2) is 0 Å². The third-order valence-corrected chi connectivity index (χ3v) is 6.40. The predicted molar refractivity (Wildman–Crippen MR) is 121 cm³/mol. The lowest BCUT2D eigenvalue weighted by Crippen LogP contribution is -2.30. The van der Waals surface area contributed by atoms with Crippen LogP contribution in [0.4, 0.5) is 0 Å². The van der Waals surface area contributed by atoms with E-state index in [4.69, 9.17) is 9.72 Å². The van der Waals surface area contributed by atoms with Gasteiger partial charge in [0, 0.05) is 12.5 Å². The number of aromatic nitrogens is 2. The van der Waals surface area contributed by atoms with Crippen molar-refractivity contribution in [1.82, 2.24) is 9.55 Å². The normalized spacial score (nSPS) is 21.0. The Labute approximate surface area is 179 Å². The molecular formula is C26H32N2O2. The zero-order valence-electron chi connectivity index (χ0n) is 18.7. The van der Waals surface area contributed by atoms with Gasteiger partial charge >= 0.3 is 5.97 Å². The zero-order chi connectivity index (χ0) is 21.5. The van der Waals surface area contributed by atoms with Crippen molar-refractivity contribution in [1.29, 1.82) is 0 Å². The van der Waals surface area contributed by atoms with E-state index in [0.717, 1.165) is 36.1 Å². The van der Waals surface area contributed by atoms with E-state index in [-0.39, 0.29) is 5.97 Å². The molecule has 2 atom stereocenters. The molecule has 158 valence electrons. The van der Waals surface area contributed by atoms with E-state index in [1.54, 1.807) is 0 Å². The van der Waals surface area contributed by atoms with Crippen molar-refractivity contribution >= 4 is 17.0 Å². The van der Waals surface area contributed by atoms with Crippen molar-refractivity contribution in [2.24, 2.45) is 11.3 Å². The number of carbonyl (C=O) groups is 1. The van der Waals surface area contributed by atoms with Crippen LogP contribution < -0.4 is 0 Å². The lowest BCUT2D eigenvalue weighted by Gasteiger charge is -2.40. The lowest BCUT2D eigenvalue weighted by molar-refractivity contribution is 0.0601. The van der Waals surface area contributed by atoms with Gasteiger partial charge in [-0.3, -0.25) is 0 Å². The van der Waals surface area contributed by atoms with Gasteiger partial charge in [-0.05, 0) is 61.3 Å². The molecule has 0 radical (unpaired) electrons. The van der Waals surface area contributed by atoms with E-state index >= 15 is 0 Å². The largest absolute Gasteiger partial charge is 0.465 e. The fourth-order valence-corrected chi connectivity index (χ4v) is 5.31. The molecule has 2 aromatic carbocycles. The SMILES string of the molecule is COC(=O)c1ccc2c(c1)nc(Cc1ccc(C)cc1)n2[C@H]1C[C@@H](C)CC(C)(C)C1. The summed E-state index contributed by atoms with van der Waals surface area (Å²) in [5.41, 5.74) is 5.36. The minimum absolute atomic E-state index is 0.312. The number of benzene rings is 2. The summed E-state index contributed by atoms with van der Waals surface area (Å²) >= 11 is 0. The molecule has 3 aromatic rings. The second-order valence-corrected chi connectivity index (χ2v) is 9.82. The summed E-state index contributed by atoms with van der Waals surface area (Å²) in [5, 5.41) is 0. The number of hydrogen-bond acceptors (Lipinski definition) is 3. The highest BCUT2D eigenvalue weighted by atomic mass is 16.5. The monoisotopic (exact) mass is 404 g/mol. The Bertz CT molecular complexity index is 1060. The minimum Gasteiger partial charge on any atom is -0.465 e. The summed E-state index contributed by atoms with van der Waals surface area (Å²) in [6.45, 7) is 9.23. The Balaban J connectivity index is 1.82. The molecule has 0 N–H and O–H groups in total. The fourth-order valence-electron chi connectivity index (χ4n) is 5.31. The van der Waals surface area contributed by atoms with Crippen LogP contribution in [0.1, 0.15) is 73.4 Å². The van der Waals surface area contributed by atoms with E-state index in [1.807, 2.05) is 18.2 Å². The van der Waals surface area contributed by atoms with E-state index in [9.17, 15) is 4.79 Å². The van der Waals surface area contributed by atoms with Crippen LogP contribution in [0.25, 0.3) is 11.0 Å². The van der Waals surface area contributed by atoms with Gasteiger partial charge in [0.25, 0.3) is 0 Å². The molecule has 1 aliphatic rings. The smallest absolute Gasteiger partial charge is 0.337 e. The molecular weight excluding hydrogens is 372 g/mol. The first-order valence-electron chi connectivity index (χ1n) is 10.9. The Hall–Kier alpha value is -2.62. The van der Waals surface area contributed by atoms with Crippen molar-refractivity contribution in [3.05, 3.63) is 65.0 Å². The third kappa shape index (κ3) is 4.14. The summed E-state index contributed by atoms with van der Waals surface area (Å²) in [6, 6.07) is 14.9. The molecule has 0 aliphatic heterocycles. The first-order valence-corrected chi connectivity index (χ1v) is 10.9. The lowest BCUT2D eigenvalue weighted by atomic mass is 9.70. The molecule has 4 nitrogen and oxygen atoms in total. The van der Waals surface area contributed by atoms with Crippen LogP contribution in [-0.4, -0.2) is 22.6 Å². The predicted octanol–water partition coefficient (Wildman–Crippen LogP) is 6.11.